The molecule has 0 radical (unpaired) electrons. The summed E-state index contributed by atoms with van der Waals surface area (Å²) in [5.74, 6) is -2.15. The van der Waals surface area contributed by atoms with Crippen LogP contribution in [0.1, 0.15) is 48.0 Å². The van der Waals surface area contributed by atoms with Crippen molar-refractivity contribution in [2.45, 2.75) is 44.6 Å². The smallest absolute Gasteiger partial charge is 0.254 e. The molecule has 1 fully saturated rings. The number of hydrogen-bond donors (Lipinski definition) is 2. The Balaban J connectivity index is 2.21. The van der Waals surface area contributed by atoms with Crippen molar-refractivity contribution in [2.24, 2.45) is 0 Å². The Morgan fingerprint density at radius 2 is 1.90 bits per heavy atom. The van der Waals surface area contributed by atoms with Crippen molar-refractivity contribution >= 4 is 5.91 Å². The molecule has 2 rings (SSSR count). The maximum absolute atomic E-state index is 13.7. The summed E-state index contributed by atoms with van der Waals surface area (Å²) in [5.41, 5.74) is -0.634. The predicted octanol–water partition coefficient (Wildman–Crippen LogP) is 2.70. The lowest BCUT2D eigenvalue weighted by molar-refractivity contribution is 0.0754. The lowest BCUT2D eigenvalue weighted by atomic mass is 9.82. The van der Waals surface area contributed by atoms with Gasteiger partial charge in [-0.3, -0.25) is 4.79 Å². The van der Waals surface area contributed by atoms with Gasteiger partial charge < -0.3 is 10.4 Å². The number of nitrogens with one attached hydrogen (secondary N) is 1. The van der Waals surface area contributed by atoms with Crippen LogP contribution in [-0.4, -0.2) is 23.2 Å². The van der Waals surface area contributed by atoms with Crippen LogP contribution in [0.15, 0.2) is 12.1 Å². The Morgan fingerprint density at radius 3 is 2.50 bits per heavy atom. The molecule has 110 valence electrons. The third kappa shape index (κ3) is 2.98. The molecule has 1 amide bonds. The first-order chi connectivity index (χ1) is 9.47. The second-order valence-electron chi connectivity index (χ2n) is 5.53. The highest BCUT2D eigenvalue weighted by Crippen LogP contribution is 2.28. The average Bonchev–Trinajstić information content (AvgIpc) is 2.43. The summed E-state index contributed by atoms with van der Waals surface area (Å²) in [6.45, 7) is 1.31. The predicted molar refractivity (Wildman–Crippen MR) is 71.5 cm³/mol. The number of hydrogen-bond acceptors (Lipinski definition) is 2. The van der Waals surface area contributed by atoms with Crippen molar-refractivity contribution in [3.05, 3.63) is 34.9 Å². The van der Waals surface area contributed by atoms with Gasteiger partial charge in [-0.2, -0.15) is 0 Å². The summed E-state index contributed by atoms with van der Waals surface area (Å²) in [4.78, 5) is 12.2. The SMILES string of the molecule is Cc1cc(C(=O)NC2(CO)CCCCC2)c(F)cc1F. The minimum Gasteiger partial charge on any atom is -0.394 e. The number of amides is 1. The summed E-state index contributed by atoms with van der Waals surface area (Å²) >= 11 is 0. The van der Waals surface area contributed by atoms with Crippen molar-refractivity contribution in [1.82, 2.24) is 5.32 Å². The van der Waals surface area contributed by atoms with Crippen molar-refractivity contribution in [3.8, 4) is 0 Å². The average molecular weight is 283 g/mol. The Bertz CT molecular complexity index is 511. The number of aryl methyl sites for hydroxylation is 1. The van der Waals surface area contributed by atoms with Gasteiger partial charge in [0.05, 0.1) is 17.7 Å². The number of benzene rings is 1. The van der Waals surface area contributed by atoms with E-state index in [0.717, 1.165) is 25.3 Å². The van der Waals surface area contributed by atoms with Crippen LogP contribution in [0.5, 0.6) is 0 Å². The first-order valence-corrected chi connectivity index (χ1v) is 6.86. The Labute approximate surface area is 117 Å². The lowest BCUT2D eigenvalue weighted by Gasteiger charge is -2.36. The van der Waals surface area contributed by atoms with E-state index in [9.17, 15) is 18.7 Å². The molecule has 5 heteroatoms. The Morgan fingerprint density at radius 1 is 1.25 bits per heavy atom. The normalized spacial score (nSPS) is 17.8. The summed E-state index contributed by atoms with van der Waals surface area (Å²) in [7, 11) is 0. The van der Waals surface area contributed by atoms with Gasteiger partial charge in [0, 0.05) is 6.07 Å². The molecule has 0 aliphatic heterocycles. The van der Waals surface area contributed by atoms with Crippen LogP contribution in [0, 0.1) is 18.6 Å². The summed E-state index contributed by atoms with van der Waals surface area (Å²) in [6, 6.07) is 1.92. The van der Waals surface area contributed by atoms with E-state index < -0.39 is 23.1 Å². The van der Waals surface area contributed by atoms with Gasteiger partial charge in [0.1, 0.15) is 11.6 Å². The highest BCUT2D eigenvalue weighted by atomic mass is 19.1. The fourth-order valence-electron chi connectivity index (χ4n) is 2.69. The lowest BCUT2D eigenvalue weighted by Crippen LogP contribution is -2.52. The van der Waals surface area contributed by atoms with Crippen LogP contribution < -0.4 is 5.32 Å². The van der Waals surface area contributed by atoms with E-state index >= 15 is 0 Å². The minimum absolute atomic E-state index is 0.166. The molecular formula is C15H19F2NO2. The Hall–Kier alpha value is -1.49. The number of aliphatic hydroxyl groups is 1. The zero-order valence-electron chi connectivity index (χ0n) is 11.5. The van der Waals surface area contributed by atoms with E-state index in [4.69, 9.17) is 0 Å². The zero-order chi connectivity index (χ0) is 14.8. The second kappa shape index (κ2) is 5.87. The van der Waals surface area contributed by atoms with Gasteiger partial charge in [-0.1, -0.05) is 19.3 Å². The van der Waals surface area contributed by atoms with Gasteiger partial charge in [0.25, 0.3) is 5.91 Å². The fourth-order valence-corrected chi connectivity index (χ4v) is 2.69. The van der Waals surface area contributed by atoms with Crippen molar-refractivity contribution in [2.75, 3.05) is 6.61 Å². The van der Waals surface area contributed by atoms with Crippen LogP contribution in [0.4, 0.5) is 8.78 Å². The Kier molecular flexibility index (Phi) is 4.38. The highest BCUT2D eigenvalue weighted by Gasteiger charge is 2.33. The molecule has 0 aromatic heterocycles. The third-order valence-corrected chi connectivity index (χ3v) is 3.98. The molecule has 0 heterocycles. The molecule has 20 heavy (non-hydrogen) atoms. The molecule has 3 nitrogen and oxygen atoms in total. The molecule has 0 spiro atoms. The van der Waals surface area contributed by atoms with Crippen molar-refractivity contribution < 1.29 is 18.7 Å². The highest BCUT2D eigenvalue weighted by molar-refractivity contribution is 5.95. The molecule has 0 atom stereocenters. The van der Waals surface area contributed by atoms with Gasteiger partial charge in [-0.15, -0.1) is 0 Å². The van der Waals surface area contributed by atoms with Crippen LogP contribution in [0.2, 0.25) is 0 Å². The van der Waals surface area contributed by atoms with Gasteiger partial charge in [0.2, 0.25) is 0 Å². The van der Waals surface area contributed by atoms with E-state index in [1.165, 1.54) is 13.0 Å². The first kappa shape index (κ1) is 14.9. The molecule has 0 bridgehead atoms. The molecular weight excluding hydrogens is 264 g/mol. The van der Waals surface area contributed by atoms with Gasteiger partial charge >= 0.3 is 0 Å². The standard InChI is InChI=1S/C15H19F2NO2/c1-10-7-11(13(17)8-12(10)16)14(20)18-15(9-19)5-3-2-4-6-15/h7-8,19H,2-6,9H2,1H3,(H,18,20). The molecule has 0 saturated heterocycles. The molecule has 2 N–H and O–H groups in total. The molecule has 1 aliphatic carbocycles. The number of aliphatic hydroxyl groups excluding tert-OH is 1. The van der Waals surface area contributed by atoms with E-state index in [0.29, 0.717) is 12.8 Å². The maximum atomic E-state index is 13.7. The van der Waals surface area contributed by atoms with Crippen LogP contribution in [0.3, 0.4) is 0 Å². The topological polar surface area (TPSA) is 49.3 Å². The van der Waals surface area contributed by atoms with Gasteiger partial charge in [0.15, 0.2) is 0 Å². The summed E-state index contributed by atoms with van der Waals surface area (Å²) < 4.78 is 26.9. The van der Waals surface area contributed by atoms with Crippen molar-refractivity contribution in [1.29, 1.82) is 0 Å². The molecule has 1 aromatic rings. The number of carbonyl (C=O) groups excluding carboxylic acids is 1. The van der Waals surface area contributed by atoms with E-state index in [1.54, 1.807) is 0 Å². The first-order valence-electron chi connectivity index (χ1n) is 6.86. The quantitative estimate of drug-likeness (QED) is 0.896. The summed E-state index contributed by atoms with van der Waals surface area (Å²) in [6.07, 6.45) is 4.27. The molecule has 1 saturated carbocycles. The second-order valence-corrected chi connectivity index (χ2v) is 5.53. The molecule has 1 aliphatic rings. The van der Waals surface area contributed by atoms with E-state index in [-0.39, 0.29) is 17.7 Å². The molecule has 1 aromatic carbocycles. The number of halogens is 2. The number of rotatable bonds is 3. The largest absolute Gasteiger partial charge is 0.394 e. The number of carbonyl (C=O) groups is 1. The molecule has 0 unspecified atom stereocenters. The van der Waals surface area contributed by atoms with Gasteiger partial charge in [-0.25, -0.2) is 8.78 Å². The van der Waals surface area contributed by atoms with Crippen molar-refractivity contribution in [3.63, 3.8) is 0 Å². The third-order valence-electron chi connectivity index (χ3n) is 3.98. The van der Waals surface area contributed by atoms with E-state index in [1.807, 2.05) is 0 Å². The summed E-state index contributed by atoms with van der Waals surface area (Å²) in [5, 5.41) is 12.3. The fraction of sp³-hybridized carbons (Fsp3) is 0.533. The monoisotopic (exact) mass is 283 g/mol. The van der Waals surface area contributed by atoms with Gasteiger partial charge in [-0.05, 0) is 31.4 Å². The van der Waals surface area contributed by atoms with Crippen LogP contribution >= 0.6 is 0 Å². The van der Waals surface area contributed by atoms with Crippen LogP contribution in [0.25, 0.3) is 0 Å². The van der Waals surface area contributed by atoms with Crippen LogP contribution in [-0.2, 0) is 0 Å². The minimum atomic E-state index is -0.880. The zero-order valence-corrected chi connectivity index (χ0v) is 11.5. The maximum Gasteiger partial charge on any atom is 0.254 e. The van der Waals surface area contributed by atoms with E-state index in [2.05, 4.69) is 5.32 Å².